The van der Waals surface area contributed by atoms with Gasteiger partial charge in [0, 0.05) is 27.3 Å². The van der Waals surface area contributed by atoms with Crippen LogP contribution in [0.2, 0.25) is 0 Å². The molecule has 0 saturated heterocycles. The molecular weight excluding hydrogens is 506 g/mol. The van der Waals surface area contributed by atoms with Crippen LogP contribution in [-0.4, -0.2) is 10.1 Å². The van der Waals surface area contributed by atoms with Crippen molar-refractivity contribution in [2.75, 3.05) is 0 Å². The molecule has 9 rings (SSSR count). The predicted molar refractivity (Wildman–Crippen MR) is 166 cm³/mol. The smallest absolute Gasteiger partial charge is 0.227 e. The molecule has 4 heteroatoms. The van der Waals surface area contributed by atoms with Crippen LogP contribution in [0.3, 0.4) is 0 Å². The number of aromatic hydroxyl groups is 1. The number of oxazole rings is 1. The molecule has 0 saturated carbocycles. The predicted octanol–water partition coefficient (Wildman–Crippen LogP) is 10.2. The van der Waals surface area contributed by atoms with Crippen LogP contribution in [-0.2, 0) is 0 Å². The highest BCUT2D eigenvalue weighted by Gasteiger charge is 2.21. The number of fused-ring (bicyclic) bond motifs is 9. The number of rotatable bonds is 2. The van der Waals surface area contributed by atoms with Crippen LogP contribution in [0.5, 0.6) is 5.75 Å². The van der Waals surface area contributed by atoms with Crippen molar-refractivity contribution >= 4 is 65.4 Å². The summed E-state index contributed by atoms with van der Waals surface area (Å²) in [5.74, 6) is 0.737. The molecule has 41 heavy (non-hydrogen) atoms. The fraction of sp³-hybridized carbons (Fsp3) is 0. The Bertz CT molecular complexity index is 2490. The fourth-order valence-electron chi connectivity index (χ4n) is 6.25. The summed E-state index contributed by atoms with van der Waals surface area (Å²) in [4.78, 5) is 5.07. The van der Waals surface area contributed by atoms with E-state index in [1.54, 1.807) is 0 Å². The normalized spacial score (nSPS) is 12.0. The van der Waals surface area contributed by atoms with Crippen LogP contribution < -0.4 is 0 Å². The standard InChI is InChI=1S/C37H21NO3/c39-31-19-24(20-32-33(31)29-17-16-22-9-2-5-13-26(22)35(29)40-32)30-18-23-10-3-6-14-27(23)36-34(30)38-37(41-36)28-15-7-11-21-8-1-4-12-25(21)28/h1-20,39H. The molecule has 7 aromatic carbocycles. The van der Waals surface area contributed by atoms with Crippen LogP contribution in [0.4, 0.5) is 0 Å². The Morgan fingerprint density at radius 1 is 0.512 bits per heavy atom. The van der Waals surface area contributed by atoms with Gasteiger partial charge in [0.2, 0.25) is 5.89 Å². The molecule has 0 fully saturated rings. The fourth-order valence-corrected chi connectivity index (χ4v) is 6.25. The summed E-state index contributed by atoms with van der Waals surface area (Å²) in [6, 6.07) is 40.7. The Morgan fingerprint density at radius 2 is 1.20 bits per heavy atom. The van der Waals surface area contributed by atoms with Crippen LogP contribution in [0.15, 0.2) is 130 Å². The molecule has 0 spiro atoms. The summed E-state index contributed by atoms with van der Waals surface area (Å²) in [6.07, 6.45) is 0. The molecule has 0 amide bonds. The lowest BCUT2D eigenvalue weighted by Crippen LogP contribution is -1.85. The van der Waals surface area contributed by atoms with Crippen molar-refractivity contribution in [3.63, 3.8) is 0 Å². The van der Waals surface area contributed by atoms with E-state index in [9.17, 15) is 5.11 Å². The number of benzene rings is 7. The first-order chi connectivity index (χ1) is 20.2. The molecule has 2 aromatic heterocycles. The SMILES string of the molecule is Oc1cc(-c2cc3ccccc3c3oc(-c4cccc5ccccc45)nc23)cc2oc3c4ccccc4ccc3c12. The van der Waals surface area contributed by atoms with Crippen molar-refractivity contribution in [3.8, 4) is 28.3 Å². The number of hydrogen-bond donors (Lipinski definition) is 1. The lowest BCUT2D eigenvalue weighted by molar-refractivity contribution is 0.482. The average Bonchev–Trinajstić information content (AvgIpc) is 3.63. The first-order valence-corrected chi connectivity index (χ1v) is 13.6. The van der Waals surface area contributed by atoms with Crippen LogP contribution >= 0.6 is 0 Å². The van der Waals surface area contributed by atoms with Crippen LogP contribution in [0, 0.1) is 0 Å². The maximum absolute atomic E-state index is 11.4. The first kappa shape index (κ1) is 22.2. The largest absolute Gasteiger partial charge is 0.507 e. The van der Waals surface area contributed by atoms with Crippen molar-refractivity contribution in [2.45, 2.75) is 0 Å². The third-order valence-corrected chi connectivity index (χ3v) is 8.16. The number of phenols is 1. The van der Waals surface area contributed by atoms with E-state index in [4.69, 9.17) is 13.8 Å². The van der Waals surface area contributed by atoms with Gasteiger partial charge in [-0.2, -0.15) is 0 Å². The van der Waals surface area contributed by atoms with Gasteiger partial charge in [-0.1, -0.05) is 91.0 Å². The third-order valence-electron chi connectivity index (χ3n) is 8.16. The van der Waals surface area contributed by atoms with Gasteiger partial charge in [0.05, 0.1) is 5.39 Å². The van der Waals surface area contributed by atoms with E-state index in [1.165, 1.54) is 0 Å². The highest BCUT2D eigenvalue weighted by atomic mass is 16.3. The second-order valence-corrected chi connectivity index (χ2v) is 10.5. The molecule has 1 N–H and O–H groups in total. The van der Waals surface area contributed by atoms with E-state index in [2.05, 4.69) is 54.6 Å². The highest BCUT2D eigenvalue weighted by Crippen LogP contribution is 2.44. The van der Waals surface area contributed by atoms with Gasteiger partial charge in [-0.05, 0) is 57.4 Å². The molecule has 0 radical (unpaired) electrons. The molecule has 0 aliphatic carbocycles. The van der Waals surface area contributed by atoms with E-state index in [1.807, 2.05) is 66.7 Å². The van der Waals surface area contributed by atoms with Crippen LogP contribution in [0.1, 0.15) is 0 Å². The van der Waals surface area contributed by atoms with Crippen molar-refractivity contribution in [3.05, 3.63) is 121 Å². The van der Waals surface area contributed by atoms with E-state index in [-0.39, 0.29) is 5.75 Å². The van der Waals surface area contributed by atoms with Gasteiger partial charge in [-0.3, -0.25) is 0 Å². The lowest BCUT2D eigenvalue weighted by Gasteiger charge is -2.07. The molecule has 192 valence electrons. The highest BCUT2D eigenvalue weighted by molar-refractivity contribution is 6.18. The number of aromatic nitrogens is 1. The van der Waals surface area contributed by atoms with Crippen molar-refractivity contribution in [2.24, 2.45) is 0 Å². The van der Waals surface area contributed by atoms with Gasteiger partial charge in [-0.15, -0.1) is 0 Å². The van der Waals surface area contributed by atoms with Crippen molar-refractivity contribution < 1.29 is 13.9 Å². The minimum atomic E-state index is 0.172. The van der Waals surface area contributed by atoms with Gasteiger partial charge < -0.3 is 13.9 Å². The molecule has 2 heterocycles. The Balaban J connectivity index is 1.34. The topological polar surface area (TPSA) is 59.4 Å². The average molecular weight is 528 g/mol. The zero-order chi connectivity index (χ0) is 27.1. The third kappa shape index (κ3) is 3.19. The molecule has 0 bridgehead atoms. The number of furan rings is 1. The summed E-state index contributed by atoms with van der Waals surface area (Å²) < 4.78 is 13.0. The van der Waals surface area contributed by atoms with E-state index in [0.29, 0.717) is 16.9 Å². The zero-order valence-electron chi connectivity index (χ0n) is 21.8. The Hall–Kier alpha value is -5.61. The van der Waals surface area contributed by atoms with E-state index < -0.39 is 0 Å². The van der Waals surface area contributed by atoms with Crippen LogP contribution in [0.25, 0.3) is 87.9 Å². The molecule has 0 aliphatic heterocycles. The minimum Gasteiger partial charge on any atom is -0.507 e. The van der Waals surface area contributed by atoms with Gasteiger partial charge in [0.15, 0.2) is 5.58 Å². The van der Waals surface area contributed by atoms with Crippen molar-refractivity contribution in [1.29, 1.82) is 0 Å². The number of hydrogen-bond acceptors (Lipinski definition) is 4. The van der Waals surface area contributed by atoms with Gasteiger partial charge in [0.25, 0.3) is 0 Å². The quantitative estimate of drug-likeness (QED) is 0.243. The first-order valence-electron chi connectivity index (χ1n) is 13.6. The summed E-state index contributed by atoms with van der Waals surface area (Å²) in [7, 11) is 0. The maximum atomic E-state index is 11.4. The minimum absolute atomic E-state index is 0.172. The molecule has 4 nitrogen and oxygen atoms in total. The molecular formula is C37H21NO3. The Morgan fingerprint density at radius 3 is 2.02 bits per heavy atom. The number of phenolic OH excluding ortho intramolecular Hbond substituents is 1. The van der Waals surface area contributed by atoms with Gasteiger partial charge in [-0.25, -0.2) is 4.98 Å². The van der Waals surface area contributed by atoms with E-state index in [0.717, 1.165) is 71.1 Å². The van der Waals surface area contributed by atoms with Crippen molar-refractivity contribution in [1.82, 2.24) is 4.98 Å². The maximum Gasteiger partial charge on any atom is 0.227 e. The zero-order valence-corrected chi connectivity index (χ0v) is 21.8. The summed E-state index contributed by atoms with van der Waals surface area (Å²) in [6.45, 7) is 0. The summed E-state index contributed by atoms with van der Waals surface area (Å²) in [5, 5.41) is 19.3. The molecule has 0 aliphatic rings. The second-order valence-electron chi connectivity index (χ2n) is 10.5. The number of nitrogens with zero attached hydrogens (tertiary/aromatic N) is 1. The van der Waals surface area contributed by atoms with Gasteiger partial charge >= 0.3 is 0 Å². The second kappa shape index (κ2) is 8.20. The molecule has 0 unspecified atom stereocenters. The van der Waals surface area contributed by atoms with Gasteiger partial charge in [0.1, 0.15) is 22.4 Å². The molecule has 9 aromatic rings. The molecule has 0 atom stereocenters. The lowest BCUT2D eigenvalue weighted by atomic mass is 9.97. The Labute approximate surface area is 233 Å². The monoisotopic (exact) mass is 527 g/mol. The summed E-state index contributed by atoms with van der Waals surface area (Å²) >= 11 is 0. The van der Waals surface area contributed by atoms with E-state index >= 15 is 0 Å². The Kier molecular flexibility index (Phi) is 4.44. The summed E-state index contributed by atoms with van der Waals surface area (Å²) in [5.41, 5.74) is 5.49.